The van der Waals surface area contributed by atoms with Gasteiger partial charge in [0, 0.05) is 48.7 Å². The third-order valence-electron chi connectivity index (χ3n) is 6.25. The number of halogens is 3. The minimum absolute atomic E-state index is 0.233. The number of anilines is 1. The third kappa shape index (κ3) is 6.41. The van der Waals surface area contributed by atoms with E-state index in [1.54, 1.807) is 11.6 Å². The Kier molecular flexibility index (Phi) is 8.90. The lowest BCUT2D eigenvalue weighted by Gasteiger charge is -2.27. The molecule has 0 spiro atoms. The first-order valence-corrected chi connectivity index (χ1v) is 12.8. The van der Waals surface area contributed by atoms with Crippen LogP contribution in [0.1, 0.15) is 16.8 Å². The van der Waals surface area contributed by atoms with Gasteiger partial charge in [0.15, 0.2) is 5.82 Å². The fourth-order valence-electron chi connectivity index (χ4n) is 4.69. The summed E-state index contributed by atoms with van der Waals surface area (Å²) in [5.41, 5.74) is 10.0. The summed E-state index contributed by atoms with van der Waals surface area (Å²) in [7, 11) is 1.62. The Hall–Kier alpha value is -3.46. The molecule has 0 amide bonds. The van der Waals surface area contributed by atoms with Gasteiger partial charge in [-0.15, -0.1) is 11.3 Å². The van der Waals surface area contributed by atoms with Crippen molar-refractivity contribution in [3.05, 3.63) is 41.3 Å². The van der Waals surface area contributed by atoms with Gasteiger partial charge < -0.3 is 25.6 Å². The summed E-state index contributed by atoms with van der Waals surface area (Å²) >= 11 is 1.50. The molecule has 1 aliphatic heterocycles. The number of rotatable bonds is 7. The second-order valence-electron chi connectivity index (χ2n) is 8.94. The van der Waals surface area contributed by atoms with Gasteiger partial charge in [-0.25, -0.2) is 9.50 Å². The zero-order valence-corrected chi connectivity index (χ0v) is 22.2. The molecule has 0 radical (unpaired) electrons. The Morgan fingerprint density at radius 1 is 1.26 bits per heavy atom. The van der Waals surface area contributed by atoms with Gasteiger partial charge >= 0.3 is 6.18 Å². The van der Waals surface area contributed by atoms with Crippen LogP contribution in [0.4, 0.5) is 19.0 Å². The summed E-state index contributed by atoms with van der Waals surface area (Å²) in [4.78, 5) is 15.6. The topological polar surface area (TPSA) is 127 Å². The molecule has 5 rings (SSSR count). The van der Waals surface area contributed by atoms with Crippen molar-refractivity contribution < 1.29 is 32.5 Å². The van der Waals surface area contributed by atoms with Crippen LogP contribution in [-0.2, 0) is 22.7 Å². The highest BCUT2D eigenvalue weighted by atomic mass is 32.1. The van der Waals surface area contributed by atoms with Gasteiger partial charge in [-0.3, -0.25) is 9.69 Å². The van der Waals surface area contributed by atoms with E-state index >= 15 is 0 Å². The number of aryl methyl sites for hydroxylation is 1. The second-order valence-corrected chi connectivity index (χ2v) is 9.99. The summed E-state index contributed by atoms with van der Waals surface area (Å²) in [6, 6.07) is 6.03. The molecule has 1 saturated heterocycles. The minimum atomic E-state index is -4.43. The molecular formula is C25H29F3N6O4S. The van der Waals surface area contributed by atoms with Crippen molar-refractivity contribution in [1.82, 2.24) is 24.8 Å². The van der Waals surface area contributed by atoms with E-state index in [1.165, 1.54) is 17.7 Å². The average Bonchev–Trinajstić information content (AvgIpc) is 3.44. The number of hydrogen-bond acceptors (Lipinski definition) is 9. The van der Waals surface area contributed by atoms with Crippen molar-refractivity contribution in [2.45, 2.75) is 26.3 Å². The number of methoxy groups -OCH3 is 1. The summed E-state index contributed by atoms with van der Waals surface area (Å²) in [6.07, 6.45) is -3.07. The van der Waals surface area contributed by atoms with Crippen molar-refractivity contribution in [3.63, 3.8) is 0 Å². The molecule has 1 aromatic carbocycles. The van der Waals surface area contributed by atoms with Crippen LogP contribution in [0.15, 0.2) is 24.5 Å². The molecule has 210 valence electrons. The summed E-state index contributed by atoms with van der Waals surface area (Å²) in [5, 5.41) is 15.6. The van der Waals surface area contributed by atoms with E-state index in [-0.39, 0.29) is 18.9 Å². The Morgan fingerprint density at radius 2 is 1.97 bits per heavy atom. The maximum Gasteiger partial charge on any atom is 0.411 e. The number of nitrogens with one attached hydrogen (secondary N) is 1. The molecule has 4 N–H and O–H groups in total. The van der Waals surface area contributed by atoms with E-state index in [0.29, 0.717) is 23.2 Å². The van der Waals surface area contributed by atoms with Gasteiger partial charge in [-0.2, -0.15) is 18.3 Å². The van der Waals surface area contributed by atoms with Gasteiger partial charge in [0.25, 0.3) is 6.47 Å². The van der Waals surface area contributed by atoms with Crippen molar-refractivity contribution in [3.8, 4) is 16.2 Å². The van der Waals surface area contributed by atoms with Gasteiger partial charge in [0.2, 0.25) is 0 Å². The summed E-state index contributed by atoms with van der Waals surface area (Å²) in [5.74, 6) is 0.995. The van der Waals surface area contributed by atoms with Crippen LogP contribution in [0, 0.1) is 6.92 Å². The van der Waals surface area contributed by atoms with Gasteiger partial charge in [-0.1, -0.05) is 6.07 Å². The van der Waals surface area contributed by atoms with Crippen LogP contribution in [-0.4, -0.2) is 77.1 Å². The van der Waals surface area contributed by atoms with Crippen molar-refractivity contribution in [1.29, 1.82) is 0 Å². The maximum absolute atomic E-state index is 13.0. The van der Waals surface area contributed by atoms with E-state index in [1.807, 2.05) is 19.1 Å². The molecule has 1 aliphatic rings. The molecule has 14 heteroatoms. The number of hydrogen-bond donors (Lipinski definition) is 3. The van der Waals surface area contributed by atoms with Crippen LogP contribution >= 0.6 is 11.3 Å². The molecule has 0 unspecified atom stereocenters. The third-order valence-corrected chi connectivity index (χ3v) is 7.43. The number of ether oxygens (including phenoxy) is 2. The van der Waals surface area contributed by atoms with Crippen LogP contribution in [0.3, 0.4) is 0 Å². The first kappa shape index (κ1) is 28.5. The molecular weight excluding hydrogens is 537 g/mol. The Balaban J connectivity index is 0.00000112. The van der Waals surface area contributed by atoms with E-state index in [0.717, 1.165) is 58.1 Å². The number of benzene rings is 1. The minimum Gasteiger partial charge on any atom is -0.495 e. The quantitative estimate of drug-likeness (QED) is 0.287. The van der Waals surface area contributed by atoms with E-state index in [9.17, 15) is 13.2 Å². The number of carboxylic acid groups (broad SMARTS) is 1. The predicted molar refractivity (Wildman–Crippen MR) is 142 cm³/mol. The van der Waals surface area contributed by atoms with Crippen LogP contribution in [0.5, 0.6) is 5.75 Å². The zero-order chi connectivity index (χ0) is 28.2. The fraction of sp³-hybridized carbons (Fsp3) is 0.400. The molecule has 3 aromatic heterocycles. The van der Waals surface area contributed by atoms with Gasteiger partial charge in [0.1, 0.15) is 24.2 Å². The van der Waals surface area contributed by atoms with Crippen molar-refractivity contribution in [2.24, 2.45) is 0 Å². The normalized spacial score (nSPS) is 14.4. The Morgan fingerprint density at radius 3 is 2.64 bits per heavy atom. The number of nitrogens with two attached hydrogens (primary N) is 1. The number of nitrogens with zero attached hydrogens (tertiary/aromatic N) is 4. The molecule has 4 aromatic rings. The van der Waals surface area contributed by atoms with Gasteiger partial charge in [0.05, 0.1) is 24.1 Å². The smallest absolute Gasteiger partial charge is 0.411 e. The molecule has 0 saturated carbocycles. The molecule has 39 heavy (non-hydrogen) atoms. The summed E-state index contributed by atoms with van der Waals surface area (Å²) in [6.45, 7) is 3.95. The molecule has 4 heterocycles. The number of aromatic nitrogens is 3. The Labute approximate surface area is 226 Å². The number of piperazine rings is 1. The Bertz CT molecular complexity index is 1450. The second kappa shape index (κ2) is 12.2. The number of nitrogen functional groups attached to an aromatic ring is 1. The fourth-order valence-corrected chi connectivity index (χ4v) is 5.90. The lowest BCUT2D eigenvalue weighted by Crippen LogP contribution is -2.43. The lowest BCUT2D eigenvalue weighted by molar-refractivity contribution is -0.176. The van der Waals surface area contributed by atoms with Crippen molar-refractivity contribution >= 4 is 39.2 Å². The lowest BCUT2D eigenvalue weighted by atomic mass is 10.1. The maximum atomic E-state index is 13.0. The molecule has 0 atom stereocenters. The number of carbonyl (C=O) groups is 1. The van der Waals surface area contributed by atoms with E-state index in [4.69, 9.17) is 25.1 Å². The summed E-state index contributed by atoms with van der Waals surface area (Å²) < 4.78 is 52.4. The predicted octanol–water partition coefficient (Wildman–Crippen LogP) is 3.70. The highest BCUT2D eigenvalue weighted by Crippen LogP contribution is 2.44. The molecule has 0 bridgehead atoms. The highest BCUT2D eigenvalue weighted by molar-refractivity contribution is 7.22. The number of thiophene rings is 1. The van der Waals surface area contributed by atoms with Crippen LogP contribution < -0.4 is 15.8 Å². The highest BCUT2D eigenvalue weighted by Gasteiger charge is 2.30. The van der Waals surface area contributed by atoms with E-state index in [2.05, 4.69) is 26.4 Å². The first-order chi connectivity index (χ1) is 18.7. The number of alkyl halides is 3. The first-order valence-electron chi connectivity index (χ1n) is 12.0. The zero-order valence-electron chi connectivity index (χ0n) is 21.4. The standard InChI is InChI=1S/C24H27F3N6O2S.CH2O2/c1-14-7-15-9-19(36-22(15)18(8-14)34-2)20-16(11-35-12-24(25,26)27)17(10-32-5-3-29-4-6-32)33-21(20)23(28)30-13-31-33;2-1-3/h7-9,13,29H,3-6,10-12H2,1-2H3,(H2,28,30,31);1H,(H,2,3). The van der Waals surface area contributed by atoms with Crippen molar-refractivity contribution in [2.75, 3.05) is 45.6 Å². The average molecular weight is 567 g/mol. The largest absolute Gasteiger partial charge is 0.495 e. The van der Waals surface area contributed by atoms with Crippen LogP contribution in [0.2, 0.25) is 0 Å². The van der Waals surface area contributed by atoms with Gasteiger partial charge in [-0.05, 0) is 30.0 Å². The van der Waals surface area contributed by atoms with E-state index < -0.39 is 12.8 Å². The van der Waals surface area contributed by atoms with Crippen LogP contribution in [0.25, 0.3) is 26.0 Å². The number of fused-ring (bicyclic) bond motifs is 2. The molecule has 0 aliphatic carbocycles. The molecule has 1 fully saturated rings. The molecule has 10 nitrogen and oxygen atoms in total. The SMILES string of the molecule is COc1cc(C)cc2cc(-c3c(COCC(F)(F)F)c(CN4CCNCC4)n4ncnc(N)c34)sc12.O=CO. The monoisotopic (exact) mass is 566 g/mol.